The molecule has 0 bridgehead atoms. The fraction of sp³-hybridized carbons (Fsp3) is 0.632. The number of rotatable bonds is 4. The number of ether oxygens (including phenoxy) is 1. The van der Waals surface area contributed by atoms with Gasteiger partial charge in [-0.15, -0.1) is 0 Å². The summed E-state index contributed by atoms with van der Waals surface area (Å²) in [7, 11) is -1.16. The number of fused-ring (bicyclic) bond motifs is 1. The molecule has 24 heavy (non-hydrogen) atoms. The summed E-state index contributed by atoms with van der Waals surface area (Å²) in [5.41, 5.74) is 2.14. The molecule has 4 nitrogen and oxygen atoms in total. The van der Waals surface area contributed by atoms with Gasteiger partial charge >= 0.3 is 5.97 Å². The van der Waals surface area contributed by atoms with Crippen molar-refractivity contribution in [2.75, 3.05) is 6.26 Å². The third-order valence-electron chi connectivity index (χ3n) is 5.72. The lowest BCUT2D eigenvalue weighted by atomic mass is 9.56. The van der Waals surface area contributed by atoms with Crippen LogP contribution in [0.2, 0.25) is 0 Å². The Morgan fingerprint density at radius 3 is 2.79 bits per heavy atom. The van der Waals surface area contributed by atoms with Gasteiger partial charge in [0.2, 0.25) is 0 Å². The summed E-state index contributed by atoms with van der Waals surface area (Å²) in [6.45, 7) is 10.3. The van der Waals surface area contributed by atoms with E-state index in [-0.39, 0.29) is 23.4 Å². The average Bonchev–Trinajstić information content (AvgIpc) is 2.49. The predicted molar refractivity (Wildman–Crippen MR) is 96.6 cm³/mol. The molecule has 6 atom stereocenters. The molecule has 5 heteroatoms. The fourth-order valence-electron chi connectivity index (χ4n) is 3.99. The first kappa shape index (κ1) is 19.1. The van der Waals surface area contributed by atoms with Crippen molar-refractivity contribution in [1.82, 2.24) is 0 Å². The zero-order valence-electron chi connectivity index (χ0n) is 15.0. The summed E-state index contributed by atoms with van der Waals surface area (Å²) >= 11 is 0. The smallest absolute Gasteiger partial charge is 0.331 e. The van der Waals surface area contributed by atoms with Gasteiger partial charge in [-0.05, 0) is 31.6 Å². The minimum absolute atomic E-state index is 0.0399. The van der Waals surface area contributed by atoms with Gasteiger partial charge in [-0.25, -0.2) is 4.79 Å². The predicted octanol–water partition coefficient (Wildman–Crippen LogP) is 3.11. The first-order valence-corrected chi connectivity index (χ1v) is 10.0. The van der Waals surface area contributed by atoms with Gasteiger partial charge in [0.25, 0.3) is 0 Å². The van der Waals surface area contributed by atoms with E-state index in [2.05, 4.69) is 20.4 Å². The zero-order valence-corrected chi connectivity index (χ0v) is 15.8. The highest BCUT2D eigenvalue weighted by Crippen LogP contribution is 2.53. The van der Waals surface area contributed by atoms with Crippen LogP contribution in [-0.2, 0) is 20.3 Å². The summed E-state index contributed by atoms with van der Waals surface area (Å²) in [6.07, 6.45) is 6.49. The molecule has 1 fully saturated rings. The third-order valence-corrected chi connectivity index (χ3v) is 6.24. The molecule has 1 saturated carbocycles. The molecular weight excluding hydrogens is 324 g/mol. The van der Waals surface area contributed by atoms with E-state index in [1.165, 1.54) is 23.3 Å². The van der Waals surface area contributed by atoms with Gasteiger partial charge in [0.05, 0.1) is 6.10 Å². The lowest BCUT2D eigenvalue weighted by Crippen LogP contribution is -2.47. The van der Waals surface area contributed by atoms with E-state index >= 15 is 0 Å². The standard InChI is InChI=1S/C19H28O4S/c1-12(2)15-11-19(4)13(3)17(7-6-14(19)10-16(15)20)23-18(21)8-9-24(5)22/h8-10,13,15-17,20H,1,6-7,11H2,2-5H3. The van der Waals surface area contributed by atoms with Gasteiger partial charge in [0, 0.05) is 40.4 Å². The second kappa shape index (κ2) is 7.36. The molecular formula is C19H28O4S. The van der Waals surface area contributed by atoms with Crippen LogP contribution in [0.3, 0.4) is 0 Å². The monoisotopic (exact) mass is 352 g/mol. The second-order valence-electron chi connectivity index (χ2n) is 7.36. The van der Waals surface area contributed by atoms with Crippen molar-refractivity contribution in [3.63, 3.8) is 0 Å². The zero-order chi connectivity index (χ0) is 18.1. The van der Waals surface area contributed by atoms with E-state index in [1.54, 1.807) is 0 Å². The first-order valence-electron chi connectivity index (χ1n) is 8.41. The number of carbonyl (C=O) groups excluding carboxylic acids is 1. The van der Waals surface area contributed by atoms with Crippen molar-refractivity contribution in [3.05, 3.63) is 35.3 Å². The molecule has 0 aromatic carbocycles. The Morgan fingerprint density at radius 1 is 1.54 bits per heavy atom. The summed E-state index contributed by atoms with van der Waals surface area (Å²) in [5, 5.41) is 11.7. The number of aliphatic hydroxyl groups is 1. The number of esters is 1. The van der Waals surface area contributed by atoms with Crippen molar-refractivity contribution in [3.8, 4) is 0 Å². The Hall–Kier alpha value is -1.20. The summed E-state index contributed by atoms with van der Waals surface area (Å²) in [6, 6.07) is 0. The Balaban J connectivity index is 2.17. The summed E-state index contributed by atoms with van der Waals surface area (Å²) in [4.78, 5) is 11.9. The number of hydrogen-bond acceptors (Lipinski definition) is 4. The molecule has 0 aromatic rings. The average molecular weight is 352 g/mol. The lowest BCUT2D eigenvalue weighted by molar-refractivity contribution is -0.150. The quantitative estimate of drug-likeness (QED) is 0.480. The van der Waals surface area contributed by atoms with Crippen LogP contribution in [0, 0.1) is 17.3 Å². The van der Waals surface area contributed by atoms with E-state index < -0.39 is 22.9 Å². The normalized spacial score (nSPS) is 37.5. The molecule has 134 valence electrons. The number of carbonyl (C=O) groups is 1. The van der Waals surface area contributed by atoms with Crippen LogP contribution in [0.15, 0.2) is 35.3 Å². The van der Waals surface area contributed by atoms with E-state index in [4.69, 9.17) is 4.74 Å². The summed E-state index contributed by atoms with van der Waals surface area (Å²) in [5.74, 6) is -0.250. The van der Waals surface area contributed by atoms with Gasteiger partial charge in [-0.1, -0.05) is 37.6 Å². The minimum Gasteiger partial charge on any atom is -0.459 e. The van der Waals surface area contributed by atoms with E-state index in [1.807, 2.05) is 13.0 Å². The van der Waals surface area contributed by atoms with Crippen LogP contribution in [0.5, 0.6) is 0 Å². The van der Waals surface area contributed by atoms with Crippen LogP contribution in [-0.4, -0.2) is 33.7 Å². The van der Waals surface area contributed by atoms with Gasteiger partial charge in [0.1, 0.15) is 6.10 Å². The molecule has 0 spiro atoms. The van der Waals surface area contributed by atoms with Gasteiger partial charge in [0.15, 0.2) is 0 Å². The maximum absolute atomic E-state index is 11.9. The maximum Gasteiger partial charge on any atom is 0.331 e. The molecule has 2 aliphatic carbocycles. The Kier molecular flexibility index (Phi) is 5.87. The van der Waals surface area contributed by atoms with Crippen LogP contribution >= 0.6 is 0 Å². The molecule has 2 aliphatic rings. The molecule has 0 aromatic heterocycles. The molecule has 0 amide bonds. The number of aliphatic hydroxyl groups excluding tert-OH is 1. The molecule has 0 heterocycles. The molecule has 0 radical (unpaired) electrons. The number of hydrogen-bond donors (Lipinski definition) is 1. The van der Waals surface area contributed by atoms with Gasteiger partial charge < -0.3 is 9.84 Å². The second-order valence-corrected chi connectivity index (χ2v) is 8.63. The van der Waals surface area contributed by atoms with E-state index in [0.717, 1.165) is 24.8 Å². The highest BCUT2D eigenvalue weighted by Gasteiger charge is 2.48. The Bertz CT molecular complexity index is 606. The van der Waals surface area contributed by atoms with Crippen molar-refractivity contribution < 1.29 is 18.8 Å². The maximum atomic E-state index is 11.9. The highest BCUT2D eigenvalue weighted by atomic mass is 32.2. The molecule has 1 N–H and O–H groups in total. The fourth-order valence-corrected chi connectivity index (χ4v) is 4.30. The van der Waals surface area contributed by atoms with Crippen molar-refractivity contribution in [2.24, 2.45) is 17.3 Å². The molecule has 0 aliphatic heterocycles. The topological polar surface area (TPSA) is 63.6 Å². The molecule has 2 rings (SSSR count). The Morgan fingerprint density at radius 2 is 2.21 bits per heavy atom. The van der Waals surface area contributed by atoms with E-state index in [9.17, 15) is 14.1 Å². The Labute approximate surface area is 147 Å². The van der Waals surface area contributed by atoms with Crippen molar-refractivity contribution >= 4 is 16.8 Å². The molecule has 6 unspecified atom stereocenters. The lowest BCUT2D eigenvalue weighted by Gasteiger charge is -2.50. The van der Waals surface area contributed by atoms with Gasteiger partial charge in [-0.2, -0.15) is 0 Å². The van der Waals surface area contributed by atoms with Crippen molar-refractivity contribution in [1.29, 1.82) is 0 Å². The van der Waals surface area contributed by atoms with Crippen LogP contribution < -0.4 is 0 Å². The van der Waals surface area contributed by atoms with Gasteiger partial charge in [-0.3, -0.25) is 4.21 Å². The van der Waals surface area contributed by atoms with E-state index in [0.29, 0.717) is 0 Å². The minimum atomic E-state index is -1.16. The van der Waals surface area contributed by atoms with Crippen molar-refractivity contribution in [2.45, 2.75) is 52.2 Å². The van der Waals surface area contributed by atoms with Crippen LogP contribution in [0.1, 0.15) is 40.0 Å². The third kappa shape index (κ3) is 3.89. The number of allylic oxidation sites excluding steroid dienone is 1. The molecule has 0 saturated heterocycles. The first-order chi connectivity index (χ1) is 11.1. The van der Waals surface area contributed by atoms with Crippen LogP contribution in [0.25, 0.3) is 0 Å². The summed E-state index contributed by atoms with van der Waals surface area (Å²) < 4.78 is 16.7. The largest absolute Gasteiger partial charge is 0.459 e. The SMILES string of the molecule is C=C(C)C1CC2(C)C(=CC1O)CCC(OC(=O)C=CS(C)=O)C2C. The highest BCUT2D eigenvalue weighted by molar-refractivity contribution is 7.87. The van der Waals surface area contributed by atoms with Crippen LogP contribution in [0.4, 0.5) is 0 Å².